The second-order valence-electron chi connectivity index (χ2n) is 4.55. The molecular weight excluding hydrogens is 336 g/mol. The summed E-state index contributed by atoms with van der Waals surface area (Å²) >= 11 is 3.31. The van der Waals surface area contributed by atoms with Crippen LogP contribution >= 0.6 is 15.9 Å². The number of amides is 2. The molecule has 2 amide bonds. The maximum atomic E-state index is 11.8. The van der Waals surface area contributed by atoms with Crippen LogP contribution in [-0.4, -0.2) is 30.3 Å². The number of rotatable bonds is 8. The Kier molecular flexibility index (Phi) is 7.82. The SMILES string of the molecule is CCC[C@@H](Br)C(=O)NCCC(=O)Nc1ccccc1OC. The second kappa shape index (κ2) is 9.39. The van der Waals surface area contributed by atoms with Gasteiger partial charge in [-0.2, -0.15) is 0 Å². The Labute approximate surface area is 133 Å². The van der Waals surface area contributed by atoms with Gasteiger partial charge in [-0.3, -0.25) is 9.59 Å². The Bertz CT molecular complexity index is 480. The predicted octanol–water partition coefficient (Wildman–Crippen LogP) is 2.70. The molecular formula is C15H21BrN2O3. The van der Waals surface area contributed by atoms with E-state index in [9.17, 15) is 9.59 Å². The van der Waals surface area contributed by atoms with Crippen molar-refractivity contribution in [3.63, 3.8) is 0 Å². The topological polar surface area (TPSA) is 67.4 Å². The van der Waals surface area contributed by atoms with Crippen molar-refractivity contribution >= 4 is 33.4 Å². The third-order valence-corrected chi connectivity index (χ3v) is 3.73. The van der Waals surface area contributed by atoms with Crippen LogP contribution in [0.15, 0.2) is 24.3 Å². The zero-order chi connectivity index (χ0) is 15.7. The molecule has 5 nitrogen and oxygen atoms in total. The number of carbonyl (C=O) groups excluding carboxylic acids is 2. The Hall–Kier alpha value is -1.56. The number of ether oxygens (including phenoxy) is 1. The van der Waals surface area contributed by atoms with E-state index >= 15 is 0 Å². The molecule has 1 aromatic carbocycles. The fourth-order valence-electron chi connectivity index (χ4n) is 1.76. The van der Waals surface area contributed by atoms with Crippen LogP contribution in [0.2, 0.25) is 0 Å². The van der Waals surface area contributed by atoms with E-state index in [1.165, 1.54) is 0 Å². The molecule has 0 aliphatic rings. The number of nitrogens with one attached hydrogen (secondary N) is 2. The molecule has 0 fully saturated rings. The fourth-order valence-corrected chi connectivity index (χ4v) is 2.37. The number of para-hydroxylation sites is 2. The van der Waals surface area contributed by atoms with Gasteiger partial charge in [0.1, 0.15) is 5.75 Å². The maximum Gasteiger partial charge on any atom is 0.233 e. The van der Waals surface area contributed by atoms with Crippen molar-refractivity contribution < 1.29 is 14.3 Å². The van der Waals surface area contributed by atoms with Gasteiger partial charge in [0.2, 0.25) is 11.8 Å². The summed E-state index contributed by atoms with van der Waals surface area (Å²) in [7, 11) is 1.55. The third kappa shape index (κ3) is 6.16. The van der Waals surface area contributed by atoms with E-state index in [0.29, 0.717) is 18.0 Å². The monoisotopic (exact) mass is 356 g/mol. The lowest BCUT2D eigenvalue weighted by molar-refractivity contribution is -0.120. The van der Waals surface area contributed by atoms with Crippen LogP contribution in [0.25, 0.3) is 0 Å². The molecule has 0 spiro atoms. The highest BCUT2D eigenvalue weighted by Crippen LogP contribution is 2.22. The number of benzene rings is 1. The van der Waals surface area contributed by atoms with E-state index in [1.54, 1.807) is 19.2 Å². The lowest BCUT2D eigenvalue weighted by atomic mass is 10.2. The first-order valence-corrected chi connectivity index (χ1v) is 7.84. The molecule has 2 N–H and O–H groups in total. The zero-order valence-electron chi connectivity index (χ0n) is 12.3. The first kappa shape index (κ1) is 17.5. The number of hydrogen-bond acceptors (Lipinski definition) is 3. The van der Waals surface area contributed by atoms with Crippen molar-refractivity contribution in [3.8, 4) is 5.75 Å². The molecule has 0 saturated carbocycles. The van der Waals surface area contributed by atoms with Crippen LogP contribution in [0, 0.1) is 0 Å². The van der Waals surface area contributed by atoms with Gasteiger partial charge in [0, 0.05) is 13.0 Å². The van der Waals surface area contributed by atoms with Gasteiger partial charge in [-0.05, 0) is 18.6 Å². The first-order valence-electron chi connectivity index (χ1n) is 6.93. The summed E-state index contributed by atoms with van der Waals surface area (Å²) in [5.74, 6) is 0.363. The molecule has 21 heavy (non-hydrogen) atoms. The summed E-state index contributed by atoms with van der Waals surface area (Å²) in [5, 5.41) is 5.50. The van der Waals surface area contributed by atoms with Gasteiger partial charge in [-0.25, -0.2) is 0 Å². The predicted molar refractivity (Wildman–Crippen MR) is 86.9 cm³/mol. The van der Waals surface area contributed by atoms with Gasteiger partial charge >= 0.3 is 0 Å². The quantitative estimate of drug-likeness (QED) is 0.703. The summed E-state index contributed by atoms with van der Waals surface area (Å²) in [6.07, 6.45) is 1.92. The third-order valence-electron chi connectivity index (χ3n) is 2.86. The lowest BCUT2D eigenvalue weighted by Crippen LogP contribution is -2.33. The number of anilines is 1. The minimum atomic E-state index is -0.195. The van der Waals surface area contributed by atoms with Gasteiger partial charge in [0.25, 0.3) is 0 Å². The Balaban J connectivity index is 2.36. The molecule has 1 aromatic rings. The van der Waals surface area contributed by atoms with Crippen LogP contribution in [-0.2, 0) is 9.59 Å². The van der Waals surface area contributed by atoms with Crippen molar-refractivity contribution in [2.24, 2.45) is 0 Å². The van der Waals surface area contributed by atoms with E-state index in [-0.39, 0.29) is 23.1 Å². The van der Waals surface area contributed by atoms with Crippen LogP contribution in [0.5, 0.6) is 5.75 Å². The Morgan fingerprint density at radius 3 is 2.71 bits per heavy atom. The highest BCUT2D eigenvalue weighted by molar-refractivity contribution is 9.10. The molecule has 0 aliphatic heterocycles. The standard InChI is InChI=1S/C15H21BrN2O3/c1-3-6-11(16)15(20)17-10-9-14(19)18-12-7-4-5-8-13(12)21-2/h4-5,7-8,11H,3,6,9-10H2,1-2H3,(H,17,20)(H,18,19)/t11-/m1/s1. The molecule has 0 bridgehead atoms. The Morgan fingerprint density at radius 1 is 1.33 bits per heavy atom. The molecule has 1 atom stereocenters. The van der Waals surface area contributed by atoms with Gasteiger partial charge in [-0.1, -0.05) is 41.4 Å². The summed E-state index contributed by atoms with van der Waals surface area (Å²) < 4.78 is 5.16. The largest absolute Gasteiger partial charge is 0.495 e. The van der Waals surface area contributed by atoms with Crippen LogP contribution in [0.4, 0.5) is 5.69 Å². The Morgan fingerprint density at radius 2 is 2.05 bits per heavy atom. The van der Waals surface area contributed by atoms with Crippen molar-refractivity contribution in [3.05, 3.63) is 24.3 Å². The number of carbonyl (C=O) groups is 2. The molecule has 0 heterocycles. The number of methoxy groups -OCH3 is 1. The van der Waals surface area contributed by atoms with Crippen LogP contribution in [0.1, 0.15) is 26.2 Å². The summed E-state index contributed by atoms with van der Waals surface area (Å²) in [4.78, 5) is 23.3. The van der Waals surface area contributed by atoms with E-state index in [4.69, 9.17) is 4.74 Å². The number of halogens is 1. The zero-order valence-corrected chi connectivity index (χ0v) is 13.9. The average molecular weight is 357 g/mol. The van der Waals surface area contributed by atoms with Crippen molar-refractivity contribution in [1.29, 1.82) is 0 Å². The minimum absolute atomic E-state index is 0.0815. The fraction of sp³-hybridized carbons (Fsp3) is 0.467. The summed E-state index contributed by atoms with van der Waals surface area (Å²) in [6.45, 7) is 2.33. The molecule has 6 heteroatoms. The molecule has 0 saturated heterocycles. The van der Waals surface area contributed by atoms with Gasteiger partial charge < -0.3 is 15.4 Å². The lowest BCUT2D eigenvalue weighted by Gasteiger charge is -2.11. The van der Waals surface area contributed by atoms with Gasteiger partial charge in [0.15, 0.2) is 0 Å². The molecule has 0 radical (unpaired) electrons. The second-order valence-corrected chi connectivity index (χ2v) is 5.65. The summed E-state index contributed by atoms with van der Waals surface area (Å²) in [6, 6.07) is 7.20. The molecule has 0 aliphatic carbocycles. The highest BCUT2D eigenvalue weighted by atomic mass is 79.9. The van der Waals surface area contributed by atoms with Crippen molar-refractivity contribution in [1.82, 2.24) is 5.32 Å². The normalized spacial score (nSPS) is 11.6. The van der Waals surface area contributed by atoms with E-state index in [2.05, 4.69) is 26.6 Å². The number of alkyl halides is 1. The highest BCUT2D eigenvalue weighted by Gasteiger charge is 2.13. The van der Waals surface area contributed by atoms with Crippen molar-refractivity contribution in [2.75, 3.05) is 19.0 Å². The number of hydrogen-bond donors (Lipinski definition) is 2. The molecule has 0 unspecified atom stereocenters. The minimum Gasteiger partial charge on any atom is -0.495 e. The molecule has 116 valence electrons. The van der Waals surface area contributed by atoms with Gasteiger partial charge in [0.05, 0.1) is 17.6 Å². The van der Waals surface area contributed by atoms with Crippen LogP contribution < -0.4 is 15.4 Å². The smallest absolute Gasteiger partial charge is 0.233 e. The maximum absolute atomic E-state index is 11.8. The first-order chi connectivity index (χ1) is 10.1. The van der Waals surface area contributed by atoms with E-state index < -0.39 is 0 Å². The molecule has 0 aromatic heterocycles. The van der Waals surface area contributed by atoms with Crippen molar-refractivity contribution in [2.45, 2.75) is 31.0 Å². The van der Waals surface area contributed by atoms with E-state index in [1.807, 2.05) is 19.1 Å². The van der Waals surface area contributed by atoms with Gasteiger partial charge in [-0.15, -0.1) is 0 Å². The van der Waals surface area contributed by atoms with E-state index in [0.717, 1.165) is 12.8 Å². The molecule has 1 rings (SSSR count). The summed E-state index contributed by atoms with van der Waals surface area (Å²) in [5.41, 5.74) is 0.626. The van der Waals surface area contributed by atoms with Crippen LogP contribution in [0.3, 0.4) is 0 Å². The average Bonchev–Trinajstić information content (AvgIpc) is 2.47.